The molecule has 0 radical (unpaired) electrons. The zero-order chi connectivity index (χ0) is 27.8. The first kappa shape index (κ1) is 26.8. The fraction of sp³-hybridized carbons (Fsp3) is 0.531. The van der Waals surface area contributed by atoms with Crippen molar-refractivity contribution in [1.29, 1.82) is 0 Å². The summed E-state index contributed by atoms with van der Waals surface area (Å²) in [5.74, 6) is 0.635. The zero-order valence-electron chi connectivity index (χ0n) is 23.5. The van der Waals surface area contributed by atoms with Crippen molar-refractivity contribution >= 4 is 23.1 Å². The molecule has 0 spiro atoms. The molecule has 1 saturated carbocycles. The second kappa shape index (κ2) is 11.2. The minimum absolute atomic E-state index is 0.158. The average Bonchev–Trinajstić information content (AvgIpc) is 3.65. The molecule has 2 fully saturated rings. The number of ether oxygens (including phenoxy) is 2. The number of carboxylic acid groups (broad SMARTS) is 1. The van der Waals surface area contributed by atoms with E-state index in [1.807, 2.05) is 6.07 Å². The van der Waals surface area contributed by atoms with E-state index in [0.29, 0.717) is 31.8 Å². The highest BCUT2D eigenvalue weighted by atomic mass is 16.5. The molecule has 40 heavy (non-hydrogen) atoms. The van der Waals surface area contributed by atoms with Crippen molar-refractivity contribution in [2.24, 2.45) is 5.92 Å². The predicted molar refractivity (Wildman–Crippen MR) is 152 cm³/mol. The minimum atomic E-state index is -0.690. The normalized spacial score (nSPS) is 23.6. The van der Waals surface area contributed by atoms with E-state index in [4.69, 9.17) is 14.5 Å². The lowest BCUT2D eigenvalue weighted by Crippen LogP contribution is -2.36. The van der Waals surface area contributed by atoms with Crippen molar-refractivity contribution in [2.75, 3.05) is 26.9 Å². The van der Waals surface area contributed by atoms with Crippen LogP contribution in [0, 0.1) is 5.92 Å². The third-order valence-corrected chi connectivity index (χ3v) is 9.31. The summed E-state index contributed by atoms with van der Waals surface area (Å²) in [5.41, 5.74) is 7.13. The number of aromatic nitrogens is 2. The summed E-state index contributed by atoms with van der Waals surface area (Å²) in [6.07, 6.45) is 5.32. The van der Waals surface area contributed by atoms with Gasteiger partial charge in [0.25, 0.3) is 0 Å². The number of nitrogens with zero attached hydrogens (tertiary/aromatic N) is 3. The number of carboxylic acids is 1. The van der Waals surface area contributed by atoms with Crippen LogP contribution in [0.3, 0.4) is 0 Å². The second-order valence-electron chi connectivity index (χ2n) is 11.8. The highest BCUT2D eigenvalue weighted by molar-refractivity contribution is 5.84. The molecule has 1 N–H and O–H groups in total. The maximum Gasteiger partial charge on any atom is 0.409 e. The molecule has 1 aromatic heterocycles. The lowest BCUT2D eigenvalue weighted by atomic mass is 9.81. The van der Waals surface area contributed by atoms with E-state index in [2.05, 4.69) is 41.8 Å². The molecule has 6 rings (SSSR count). The fourth-order valence-corrected chi connectivity index (χ4v) is 7.18. The van der Waals surface area contributed by atoms with E-state index in [1.165, 1.54) is 23.8 Å². The summed E-state index contributed by atoms with van der Waals surface area (Å²) < 4.78 is 13.4. The number of amides is 1. The van der Waals surface area contributed by atoms with Gasteiger partial charge in [0.2, 0.25) is 0 Å². The maximum absolute atomic E-state index is 12.6. The Bertz CT molecular complexity index is 1390. The standard InChI is InChI=1S/C32H39N3O5/c1-20(16-21-6-4-3-5-7-21)35-28-17-26(24-13-15-40-19-24)25-12-14-34(32(38)39-2)18-27(25)29(28)33-30(35)22-8-10-23(11-9-22)31(36)37/h3-7,17,20,22-24H,8-16,18-19H2,1-2H3,(H,36,37)/t20-,22?,23?,24?/m1/s1. The van der Waals surface area contributed by atoms with Gasteiger partial charge in [-0.05, 0) is 74.6 Å². The van der Waals surface area contributed by atoms with Gasteiger partial charge in [-0.1, -0.05) is 30.3 Å². The van der Waals surface area contributed by atoms with E-state index in [0.717, 1.165) is 67.7 Å². The molecule has 1 amide bonds. The Morgan fingerprint density at radius 1 is 1.10 bits per heavy atom. The molecule has 1 unspecified atom stereocenters. The Morgan fingerprint density at radius 3 is 2.55 bits per heavy atom. The van der Waals surface area contributed by atoms with Crippen LogP contribution in [0.15, 0.2) is 36.4 Å². The van der Waals surface area contributed by atoms with E-state index < -0.39 is 5.97 Å². The molecular formula is C32H39N3O5. The number of imidazole rings is 1. The highest BCUT2D eigenvalue weighted by Crippen LogP contribution is 2.42. The van der Waals surface area contributed by atoms with Gasteiger partial charge in [0.15, 0.2) is 0 Å². The first-order valence-corrected chi connectivity index (χ1v) is 14.7. The number of carbonyl (C=O) groups is 2. The second-order valence-corrected chi connectivity index (χ2v) is 11.8. The van der Waals surface area contributed by atoms with Crippen molar-refractivity contribution in [3.05, 3.63) is 64.5 Å². The average molecular weight is 546 g/mol. The summed E-state index contributed by atoms with van der Waals surface area (Å²) in [5, 5.41) is 9.60. The Morgan fingerprint density at radius 2 is 1.88 bits per heavy atom. The fourth-order valence-electron chi connectivity index (χ4n) is 7.18. The molecule has 3 aliphatic rings. The molecule has 8 heteroatoms. The topological polar surface area (TPSA) is 93.9 Å². The SMILES string of the molecule is COC(=O)N1CCc2c(C3CCOC3)cc3c(nc(C4CCC(C(=O)O)CC4)n3[C@H](C)Cc3ccccc3)c2C1. The van der Waals surface area contributed by atoms with Crippen LogP contribution in [-0.2, 0) is 33.7 Å². The van der Waals surface area contributed by atoms with Crippen LogP contribution in [0.25, 0.3) is 11.0 Å². The number of hydrogen-bond acceptors (Lipinski definition) is 5. The van der Waals surface area contributed by atoms with Crippen LogP contribution < -0.4 is 0 Å². The highest BCUT2D eigenvalue weighted by Gasteiger charge is 2.35. The molecule has 8 nitrogen and oxygen atoms in total. The quantitative estimate of drug-likeness (QED) is 0.419. The summed E-state index contributed by atoms with van der Waals surface area (Å²) >= 11 is 0. The van der Waals surface area contributed by atoms with Crippen LogP contribution in [-0.4, -0.2) is 58.5 Å². The van der Waals surface area contributed by atoms with Crippen molar-refractivity contribution in [1.82, 2.24) is 14.5 Å². The summed E-state index contributed by atoms with van der Waals surface area (Å²) in [4.78, 5) is 31.4. The number of hydrogen-bond donors (Lipinski definition) is 1. The Hall–Kier alpha value is -3.39. The molecule has 2 aliphatic heterocycles. The molecule has 2 atom stereocenters. The number of fused-ring (bicyclic) bond motifs is 3. The molecule has 0 bridgehead atoms. The largest absolute Gasteiger partial charge is 0.481 e. The molecule has 2 aromatic carbocycles. The van der Waals surface area contributed by atoms with Crippen LogP contribution in [0.5, 0.6) is 0 Å². The van der Waals surface area contributed by atoms with Gasteiger partial charge < -0.3 is 24.0 Å². The minimum Gasteiger partial charge on any atom is -0.481 e. The van der Waals surface area contributed by atoms with Gasteiger partial charge in [-0.25, -0.2) is 9.78 Å². The predicted octanol–water partition coefficient (Wildman–Crippen LogP) is 5.83. The van der Waals surface area contributed by atoms with Gasteiger partial charge in [-0.3, -0.25) is 4.79 Å². The van der Waals surface area contributed by atoms with Crippen LogP contribution in [0.1, 0.15) is 85.0 Å². The van der Waals surface area contributed by atoms with Crippen molar-refractivity contribution in [3.8, 4) is 0 Å². The molecule has 3 heterocycles. The Kier molecular flexibility index (Phi) is 7.53. The number of aliphatic carboxylic acids is 1. The van der Waals surface area contributed by atoms with E-state index in [1.54, 1.807) is 4.90 Å². The lowest BCUT2D eigenvalue weighted by Gasteiger charge is -2.31. The van der Waals surface area contributed by atoms with Crippen LogP contribution in [0.4, 0.5) is 4.79 Å². The Balaban J connectivity index is 1.50. The summed E-state index contributed by atoms with van der Waals surface area (Å²) in [6, 6.07) is 13.1. The summed E-state index contributed by atoms with van der Waals surface area (Å²) in [6.45, 7) is 4.86. The van der Waals surface area contributed by atoms with E-state index >= 15 is 0 Å². The number of carbonyl (C=O) groups excluding carboxylic acids is 1. The first-order chi connectivity index (χ1) is 19.4. The maximum atomic E-state index is 12.6. The van der Waals surface area contributed by atoms with Gasteiger partial charge in [-0.15, -0.1) is 0 Å². The third-order valence-electron chi connectivity index (χ3n) is 9.31. The van der Waals surface area contributed by atoms with Crippen molar-refractivity contribution < 1.29 is 24.2 Å². The summed E-state index contributed by atoms with van der Waals surface area (Å²) in [7, 11) is 1.44. The lowest BCUT2D eigenvalue weighted by molar-refractivity contribution is -0.142. The van der Waals surface area contributed by atoms with Gasteiger partial charge in [0.05, 0.1) is 37.2 Å². The molecule has 1 saturated heterocycles. The molecule has 212 valence electrons. The molecule has 1 aliphatic carbocycles. The zero-order valence-corrected chi connectivity index (χ0v) is 23.5. The van der Waals surface area contributed by atoms with E-state index in [9.17, 15) is 14.7 Å². The monoisotopic (exact) mass is 545 g/mol. The first-order valence-electron chi connectivity index (χ1n) is 14.7. The number of rotatable bonds is 6. The van der Waals surface area contributed by atoms with E-state index in [-0.39, 0.29) is 24.0 Å². The smallest absolute Gasteiger partial charge is 0.409 e. The van der Waals surface area contributed by atoms with Crippen LogP contribution >= 0.6 is 0 Å². The number of benzene rings is 2. The number of methoxy groups -OCH3 is 1. The molecular weight excluding hydrogens is 506 g/mol. The van der Waals surface area contributed by atoms with Crippen LogP contribution in [0.2, 0.25) is 0 Å². The van der Waals surface area contributed by atoms with Crippen molar-refractivity contribution in [3.63, 3.8) is 0 Å². The van der Waals surface area contributed by atoms with Gasteiger partial charge in [0.1, 0.15) is 5.82 Å². The molecule has 3 aromatic rings. The third kappa shape index (κ3) is 4.98. The van der Waals surface area contributed by atoms with Gasteiger partial charge >= 0.3 is 12.1 Å². The Labute approximate surface area is 235 Å². The van der Waals surface area contributed by atoms with Gasteiger partial charge in [-0.2, -0.15) is 0 Å². The van der Waals surface area contributed by atoms with Gasteiger partial charge in [0, 0.05) is 36.6 Å². The van der Waals surface area contributed by atoms with Crippen molar-refractivity contribution in [2.45, 2.75) is 76.3 Å².